The first-order valence-electron chi connectivity index (χ1n) is 13.3. The number of nitro groups is 2. The van der Waals surface area contributed by atoms with Crippen molar-refractivity contribution in [3.8, 4) is 0 Å². The summed E-state index contributed by atoms with van der Waals surface area (Å²) in [6.45, 7) is 2.02. The quantitative estimate of drug-likeness (QED) is 0.279. The Morgan fingerprint density at radius 3 is 1.77 bits per heavy atom. The molecule has 3 aromatic rings. The van der Waals surface area contributed by atoms with Crippen LogP contribution >= 0.6 is 0 Å². The number of nitrogens with zero attached hydrogens (tertiary/aromatic N) is 6. The summed E-state index contributed by atoms with van der Waals surface area (Å²) >= 11 is 0. The van der Waals surface area contributed by atoms with Gasteiger partial charge in [-0.15, -0.1) is 0 Å². The molecule has 43 heavy (non-hydrogen) atoms. The fraction of sp³-hybridized carbons (Fsp3) is 0.333. The van der Waals surface area contributed by atoms with Gasteiger partial charge in [0, 0.05) is 70.2 Å². The van der Waals surface area contributed by atoms with E-state index in [0.29, 0.717) is 30.5 Å². The number of piperazine rings is 2. The summed E-state index contributed by atoms with van der Waals surface area (Å²) in [4.78, 5) is 27.6. The molecule has 0 aromatic heterocycles. The molecule has 2 aliphatic rings. The van der Waals surface area contributed by atoms with Gasteiger partial charge in [0.15, 0.2) is 0 Å². The third-order valence-electron chi connectivity index (χ3n) is 7.60. The molecule has 0 saturated carbocycles. The lowest BCUT2D eigenvalue weighted by Crippen LogP contribution is -2.49. The fourth-order valence-electron chi connectivity index (χ4n) is 5.35. The van der Waals surface area contributed by atoms with Crippen molar-refractivity contribution >= 4 is 38.5 Å². The van der Waals surface area contributed by atoms with Crippen molar-refractivity contribution in [1.82, 2.24) is 4.31 Å². The van der Waals surface area contributed by atoms with Crippen molar-refractivity contribution in [3.63, 3.8) is 0 Å². The van der Waals surface area contributed by atoms with Crippen molar-refractivity contribution in [3.05, 3.63) is 92.5 Å². The molecule has 2 fully saturated rings. The summed E-state index contributed by atoms with van der Waals surface area (Å²) in [6, 6.07) is 15.2. The van der Waals surface area contributed by atoms with Crippen molar-refractivity contribution < 1.29 is 31.4 Å². The van der Waals surface area contributed by atoms with E-state index in [1.807, 2.05) is 4.90 Å². The van der Waals surface area contributed by atoms with E-state index in [1.165, 1.54) is 10.4 Å². The van der Waals surface area contributed by atoms with E-state index in [9.17, 15) is 41.8 Å². The Bertz CT molecular complexity index is 1620. The maximum atomic E-state index is 13.1. The molecule has 3 aromatic carbocycles. The third-order valence-corrected chi connectivity index (χ3v) is 9.51. The van der Waals surface area contributed by atoms with Crippen LogP contribution in [0, 0.1) is 20.2 Å². The molecule has 0 atom stereocenters. The second-order valence-electron chi connectivity index (χ2n) is 10.1. The molecule has 0 radical (unpaired) electrons. The number of sulfonamides is 1. The van der Waals surface area contributed by atoms with E-state index in [4.69, 9.17) is 0 Å². The van der Waals surface area contributed by atoms with E-state index >= 15 is 0 Å². The van der Waals surface area contributed by atoms with Gasteiger partial charge in [-0.25, -0.2) is 8.42 Å². The molecule has 16 heteroatoms. The number of anilines is 3. The minimum atomic E-state index is -4.73. The summed E-state index contributed by atoms with van der Waals surface area (Å²) in [7, 11) is -3.65. The fourth-order valence-corrected chi connectivity index (χ4v) is 6.79. The highest BCUT2D eigenvalue weighted by molar-refractivity contribution is 7.89. The summed E-state index contributed by atoms with van der Waals surface area (Å²) in [5.74, 6) is 0. The number of halogens is 3. The Kier molecular flexibility index (Phi) is 8.16. The molecule has 12 nitrogen and oxygen atoms in total. The third kappa shape index (κ3) is 6.19. The Balaban J connectivity index is 1.31. The van der Waals surface area contributed by atoms with E-state index < -0.39 is 37.3 Å². The van der Waals surface area contributed by atoms with Crippen LogP contribution in [0.15, 0.2) is 71.6 Å². The second-order valence-corrected chi connectivity index (χ2v) is 12.0. The number of hydrogen-bond donors (Lipinski definition) is 0. The average Bonchev–Trinajstić information content (AvgIpc) is 3.00. The summed E-state index contributed by atoms with van der Waals surface area (Å²) < 4.78 is 66.8. The van der Waals surface area contributed by atoms with Gasteiger partial charge in [0.25, 0.3) is 11.4 Å². The van der Waals surface area contributed by atoms with Crippen LogP contribution in [0.1, 0.15) is 5.56 Å². The van der Waals surface area contributed by atoms with Gasteiger partial charge in [-0.1, -0.05) is 18.2 Å². The van der Waals surface area contributed by atoms with Crippen LogP contribution in [-0.2, 0) is 16.2 Å². The van der Waals surface area contributed by atoms with Crippen molar-refractivity contribution in [2.45, 2.75) is 11.1 Å². The monoisotopic (exact) mass is 620 g/mol. The van der Waals surface area contributed by atoms with Crippen LogP contribution in [0.25, 0.3) is 0 Å². The number of rotatable bonds is 7. The smallest absolute Gasteiger partial charge is 0.369 e. The van der Waals surface area contributed by atoms with Crippen LogP contribution in [-0.4, -0.2) is 74.9 Å². The maximum Gasteiger partial charge on any atom is 0.416 e. The highest BCUT2D eigenvalue weighted by Gasteiger charge is 2.35. The molecule has 0 spiro atoms. The first kappa shape index (κ1) is 30.0. The zero-order valence-electron chi connectivity index (χ0n) is 22.7. The summed E-state index contributed by atoms with van der Waals surface area (Å²) in [5, 5.41) is 23.4. The van der Waals surface area contributed by atoms with E-state index in [2.05, 4.69) is 0 Å². The Hall–Kier alpha value is -4.44. The van der Waals surface area contributed by atoms with Crippen LogP contribution in [0.2, 0.25) is 0 Å². The molecule has 2 heterocycles. The molecule has 0 unspecified atom stereocenters. The molecule has 0 bridgehead atoms. The van der Waals surface area contributed by atoms with Gasteiger partial charge >= 0.3 is 6.18 Å². The number of benzene rings is 3. The lowest BCUT2D eigenvalue weighted by atomic mass is 10.1. The summed E-state index contributed by atoms with van der Waals surface area (Å²) in [6.07, 6.45) is -4.73. The standard InChI is InChI=1S/C27H27F3N6O6S/c28-27(29,30)20-6-8-23(26(18-20)36(39)40)32-10-12-33(13-11-32)25-19-21(7-9-24(25)35(37)38)31-14-16-34(17-15-31)43(41,42)22-4-2-1-3-5-22/h1-9,18-19H,10-17H2. The summed E-state index contributed by atoms with van der Waals surface area (Å²) in [5.41, 5.74) is -0.856. The van der Waals surface area contributed by atoms with Crippen molar-refractivity contribution in [1.29, 1.82) is 0 Å². The molecule has 0 amide bonds. The lowest BCUT2D eigenvalue weighted by molar-refractivity contribution is -0.384. The Morgan fingerprint density at radius 1 is 0.651 bits per heavy atom. The molecule has 0 N–H and O–H groups in total. The van der Waals surface area contributed by atoms with Crippen molar-refractivity contribution in [2.24, 2.45) is 0 Å². The van der Waals surface area contributed by atoms with Gasteiger partial charge in [0.1, 0.15) is 11.4 Å². The normalized spacial score (nSPS) is 16.8. The molecule has 0 aliphatic carbocycles. The first-order valence-corrected chi connectivity index (χ1v) is 14.7. The van der Waals surface area contributed by atoms with Gasteiger partial charge < -0.3 is 14.7 Å². The van der Waals surface area contributed by atoms with Gasteiger partial charge in [0.05, 0.1) is 20.3 Å². The SMILES string of the molecule is O=[N+]([O-])c1ccc(N2CCN(S(=O)(=O)c3ccccc3)CC2)cc1N1CCN(c2ccc(C(F)(F)F)cc2[N+](=O)[O-])CC1. The second kappa shape index (κ2) is 11.7. The lowest BCUT2D eigenvalue weighted by Gasteiger charge is -2.38. The molecule has 5 rings (SSSR count). The predicted molar refractivity (Wildman–Crippen MR) is 153 cm³/mol. The van der Waals surface area contributed by atoms with Crippen LogP contribution in [0.5, 0.6) is 0 Å². The molecule has 2 saturated heterocycles. The van der Waals surface area contributed by atoms with E-state index in [-0.39, 0.29) is 55.5 Å². The minimum absolute atomic E-state index is 0.0456. The molecular weight excluding hydrogens is 593 g/mol. The van der Waals surface area contributed by atoms with Crippen molar-refractivity contribution in [2.75, 3.05) is 67.1 Å². The molecule has 228 valence electrons. The highest BCUT2D eigenvalue weighted by Crippen LogP contribution is 2.38. The first-order chi connectivity index (χ1) is 20.4. The van der Waals surface area contributed by atoms with E-state index in [1.54, 1.807) is 52.3 Å². The zero-order chi connectivity index (χ0) is 30.9. The molecular formula is C27H27F3N6O6S. The number of hydrogen-bond acceptors (Lipinski definition) is 9. The minimum Gasteiger partial charge on any atom is -0.369 e. The highest BCUT2D eigenvalue weighted by atomic mass is 32.2. The van der Waals surface area contributed by atoms with Gasteiger partial charge in [-0.3, -0.25) is 20.2 Å². The topological polar surface area (TPSA) is 133 Å². The number of nitro benzene ring substituents is 2. The van der Waals surface area contributed by atoms with E-state index in [0.717, 1.165) is 12.1 Å². The Labute approximate surface area is 244 Å². The predicted octanol–water partition coefficient (Wildman–Crippen LogP) is 4.36. The van der Waals surface area contributed by atoms with Gasteiger partial charge in [-0.2, -0.15) is 17.5 Å². The largest absolute Gasteiger partial charge is 0.416 e. The number of alkyl halides is 3. The average molecular weight is 621 g/mol. The van der Waals surface area contributed by atoms with Crippen LogP contribution in [0.3, 0.4) is 0 Å². The van der Waals surface area contributed by atoms with Crippen LogP contribution in [0.4, 0.5) is 41.6 Å². The van der Waals surface area contributed by atoms with Gasteiger partial charge in [0.2, 0.25) is 10.0 Å². The van der Waals surface area contributed by atoms with Crippen LogP contribution < -0.4 is 14.7 Å². The molecule has 2 aliphatic heterocycles. The van der Waals surface area contributed by atoms with Gasteiger partial charge in [-0.05, 0) is 36.4 Å². The Morgan fingerprint density at radius 2 is 1.21 bits per heavy atom. The zero-order valence-corrected chi connectivity index (χ0v) is 23.5. The maximum absolute atomic E-state index is 13.1.